The zero-order valence-corrected chi connectivity index (χ0v) is 20.5. The van der Waals surface area contributed by atoms with E-state index < -0.39 is 0 Å². The minimum atomic E-state index is 0. The van der Waals surface area contributed by atoms with Gasteiger partial charge in [0.25, 0.3) is 0 Å². The van der Waals surface area contributed by atoms with Crippen molar-refractivity contribution in [2.75, 3.05) is 40.5 Å². The van der Waals surface area contributed by atoms with E-state index in [-0.39, 0.29) is 30.1 Å². The molecule has 1 fully saturated rings. The number of nitrogens with one attached hydrogen (secondary N) is 1. The van der Waals surface area contributed by atoms with E-state index in [0.717, 1.165) is 42.7 Å². The van der Waals surface area contributed by atoms with Crippen LogP contribution in [0.5, 0.6) is 11.5 Å². The normalized spacial score (nSPS) is 16.6. The van der Waals surface area contributed by atoms with Crippen molar-refractivity contribution in [2.24, 2.45) is 4.99 Å². The van der Waals surface area contributed by atoms with E-state index in [4.69, 9.17) is 19.2 Å². The van der Waals surface area contributed by atoms with E-state index in [0.29, 0.717) is 13.2 Å². The van der Waals surface area contributed by atoms with Crippen LogP contribution < -0.4 is 14.8 Å². The van der Waals surface area contributed by atoms with Crippen molar-refractivity contribution in [3.05, 3.63) is 59.2 Å². The molecule has 3 rings (SSSR count). The molecule has 1 heterocycles. The van der Waals surface area contributed by atoms with Gasteiger partial charge in [-0.3, -0.25) is 0 Å². The summed E-state index contributed by atoms with van der Waals surface area (Å²) in [6, 6.07) is 14.3. The number of nitrogens with zero attached hydrogens (tertiary/aromatic N) is 2. The van der Waals surface area contributed by atoms with Gasteiger partial charge in [-0.15, -0.1) is 24.0 Å². The fourth-order valence-electron chi connectivity index (χ4n) is 3.64. The van der Waals surface area contributed by atoms with Crippen LogP contribution in [0.4, 0.5) is 0 Å². The molecule has 0 amide bonds. The van der Waals surface area contributed by atoms with Gasteiger partial charge in [-0.05, 0) is 31.0 Å². The van der Waals surface area contributed by atoms with Gasteiger partial charge >= 0.3 is 0 Å². The van der Waals surface area contributed by atoms with E-state index in [9.17, 15) is 0 Å². The van der Waals surface area contributed by atoms with Crippen LogP contribution in [-0.4, -0.2) is 51.3 Å². The van der Waals surface area contributed by atoms with Crippen molar-refractivity contribution in [1.29, 1.82) is 0 Å². The molecule has 0 bridgehead atoms. The van der Waals surface area contributed by atoms with Gasteiger partial charge in [-0.25, -0.2) is 4.99 Å². The quantitative estimate of drug-likeness (QED) is 0.349. The average molecular weight is 525 g/mol. The molecule has 0 spiro atoms. The van der Waals surface area contributed by atoms with Gasteiger partial charge in [0.05, 0.1) is 33.9 Å². The molecule has 1 aliphatic rings. The standard InChI is InChI=1S/C23H31N3O3.HI/c1-5-24-23(25-15-18-10-8-12-20(27-3)22(18)28-4)26-13-14-29-21(16-26)19-11-7-6-9-17(19)2;/h6-12,21H,5,13-16H2,1-4H3,(H,24,25);1H. The summed E-state index contributed by atoms with van der Waals surface area (Å²) in [5, 5.41) is 3.42. The lowest BCUT2D eigenvalue weighted by Gasteiger charge is -2.35. The Morgan fingerprint density at radius 1 is 1.17 bits per heavy atom. The highest BCUT2D eigenvalue weighted by Gasteiger charge is 2.25. The summed E-state index contributed by atoms with van der Waals surface area (Å²) in [6.45, 7) is 7.78. The molecule has 1 unspecified atom stereocenters. The molecule has 6 nitrogen and oxygen atoms in total. The Kier molecular flexibility index (Phi) is 9.71. The van der Waals surface area contributed by atoms with Crippen molar-refractivity contribution in [3.8, 4) is 11.5 Å². The van der Waals surface area contributed by atoms with Crippen LogP contribution in [-0.2, 0) is 11.3 Å². The largest absolute Gasteiger partial charge is 0.493 e. The number of aryl methyl sites for hydroxylation is 1. The van der Waals surface area contributed by atoms with Crippen molar-refractivity contribution in [3.63, 3.8) is 0 Å². The van der Waals surface area contributed by atoms with E-state index in [2.05, 4.69) is 48.3 Å². The molecule has 0 aromatic heterocycles. The smallest absolute Gasteiger partial charge is 0.194 e. The monoisotopic (exact) mass is 525 g/mol. The first-order chi connectivity index (χ1) is 14.2. The Bertz CT molecular complexity index is 844. The summed E-state index contributed by atoms with van der Waals surface area (Å²) in [7, 11) is 3.31. The number of rotatable bonds is 6. The Balaban J connectivity index is 0.00000320. The SMILES string of the molecule is CCNC(=NCc1cccc(OC)c1OC)N1CCOC(c2ccccc2C)C1.I. The Morgan fingerprint density at radius 2 is 1.97 bits per heavy atom. The number of para-hydroxylation sites is 1. The zero-order valence-electron chi connectivity index (χ0n) is 18.2. The lowest BCUT2D eigenvalue weighted by Crippen LogP contribution is -2.48. The zero-order chi connectivity index (χ0) is 20.6. The number of hydrogen-bond acceptors (Lipinski definition) is 4. The summed E-state index contributed by atoms with van der Waals surface area (Å²) >= 11 is 0. The fraction of sp³-hybridized carbons (Fsp3) is 0.435. The molecule has 0 radical (unpaired) electrons. The fourth-order valence-corrected chi connectivity index (χ4v) is 3.64. The molecule has 1 aliphatic heterocycles. The second-order valence-corrected chi connectivity index (χ2v) is 6.98. The lowest BCUT2D eigenvalue weighted by atomic mass is 10.0. The summed E-state index contributed by atoms with van der Waals surface area (Å²) in [4.78, 5) is 7.16. The summed E-state index contributed by atoms with van der Waals surface area (Å²) in [5.41, 5.74) is 3.48. The average Bonchev–Trinajstić information content (AvgIpc) is 2.76. The number of aliphatic imine (C=N–C) groups is 1. The summed E-state index contributed by atoms with van der Waals surface area (Å²) in [5.74, 6) is 2.34. The highest BCUT2D eigenvalue weighted by atomic mass is 127. The molecule has 1 N–H and O–H groups in total. The van der Waals surface area contributed by atoms with Crippen molar-refractivity contribution in [1.82, 2.24) is 10.2 Å². The Morgan fingerprint density at radius 3 is 2.67 bits per heavy atom. The summed E-state index contributed by atoms with van der Waals surface area (Å²) < 4.78 is 17.0. The van der Waals surface area contributed by atoms with Crippen LogP contribution >= 0.6 is 24.0 Å². The van der Waals surface area contributed by atoms with Crippen LogP contribution in [0.1, 0.15) is 29.7 Å². The summed E-state index contributed by atoms with van der Waals surface area (Å²) in [6.07, 6.45) is 0.0418. The van der Waals surface area contributed by atoms with Crippen LogP contribution in [0.3, 0.4) is 0 Å². The Hall–Kier alpha value is -2.00. The molecule has 0 saturated carbocycles. The van der Waals surface area contributed by atoms with Gasteiger partial charge in [-0.1, -0.05) is 36.4 Å². The second kappa shape index (κ2) is 12.0. The minimum absolute atomic E-state index is 0. The lowest BCUT2D eigenvalue weighted by molar-refractivity contribution is -0.00834. The topological polar surface area (TPSA) is 55.3 Å². The maximum Gasteiger partial charge on any atom is 0.194 e. The molecule has 1 saturated heterocycles. The first-order valence-electron chi connectivity index (χ1n) is 10.1. The minimum Gasteiger partial charge on any atom is -0.493 e. The predicted molar refractivity (Wildman–Crippen MR) is 131 cm³/mol. The van der Waals surface area contributed by atoms with Gasteiger partial charge in [0, 0.05) is 18.7 Å². The molecule has 7 heteroatoms. The number of morpholine rings is 1. The van der Waals surface area contributed by atoms with Gasteiger partial charge in [-0.2, -0.15) is 0 Å². The van der Waals surface area contributed by atoms with Crippen LogP contribution in [0.25, 0.3) is 0 Å². The van der Waals surface area contributed by atoms with E-state index in [1.807, 2.05) is 18.2 Å². The first kappa shape index (κ1) is 24.3. The molecule has 1 atom stereocenters. The van der Waals surface area contributed by atoms with Gasteiger partial charge in [0.15, 0.2) is 17.5 Å². The third kappa shape index (κ3) is 5.78. The van der Waals surface area contributed by atoms with Crippen LogP contribution in [0, 0.1) is 6.92 Å². The molecule has 2 aromatic carbocycles. The number of benzene rings is 2. The van der Waals surface area contributed by atoms with Gasteiger partial charge in [0.1, 0.15) is 6.10 Å². The third-order valence-electron chi connectivity index (χ3n) is 5.12. The van der Waals surface area contributed by atoms with Crippen LogP contribution in [0.2, 0.25) is 0 Å². The van der Waals surface area contributed by atoms with Gasteiger partial charge < -0.3 is 24.4 Å². The number of methoxy groups -OCH3 is 2. The molecule has 2 aromatic rings. The van der Waals surface area contributed by atoms with Crippen molar-refractivity contribution in [2.45, 2.75) is 26.5 Å². The maximum absolute atomic E-state index is 6.07. The number of guanidine groups is 1. The van der Waals surface area contributed by atoms with E-state index in [1.54, 1.807) is 14.2 Å². The Labute approximate surface area is 196 Å². The van der Waals surface area contributed by atoms with Crippen LogP contribution in [0.15, 0.2) is 47.5 Å². The highest BCUT2D eigenvalue weighted by molar-refractivity contribution is 14.0. The number of hydrogen-bond donors (Lipinski definition) is 1. The van der Waals surface area contributed by atoms with Crippen molar-refractivity contribution < 1.29 is 14.2 Å². The van der Waals surface area contributed by atoms with E-state index in [1.165, 1.54) is 11.1 Å². The van der Waals surface area contributed by atoms with Crippen molar-refractivity contribution >= 4 is 29.9 Å². The highest BCUT2D eigenvalue weighted by Crippen LogP contribution is 2.31. The first-order valence-corrected chi connectivity index (χ1v) is 10.1. The van der Waals surface area contributed by atoms with E-state index >= 15 is 0 Å². The maximum atomic E-state index is 6.07. The van der Waals surface area contributed by atoms with Gasteiger partial charge in [0.2, 0.25) is 0 Å². The molecular weight excluding hydrogens is 493 g/mol. The molecule has 0 aliphatic carbocycles. The second-order valence-electron chi connectivity index (χ2n) is 6.98. The number of ether oxygens (including phenoxy) is 3. The third-order valence-corrected chi connectivity index (χ3v) is 5.12. The number of halogens is 1. The molecule has 164 valence electrons. The molecule has 30 heavy (non-hydrogen) atoms. The predicted octanol–water partition coefficient (Wildman–Crippen LogP) is 4.17. The molecular formula is C23H32IN3O3.